The van der Waals surface area contributed by atoms with Crippen LogP contribution < -0.4 is 0 Å². The maximum atomic E-state index is 6.55. The van der Waals surface area contributed by atoms with Crippen LogP contribution in [0.4, 0.5) is 0 Å². The summed E-state index contributed by atoms with van der Waals surface area (Å²) in [6, 6.07) is 22.0. The van der Waals surface area contributed by atoms with E-state index in [1.165, 1.54) is 59.7 Å². The number of nitrogens with zero attached hydrogens (tertiary/aromatic N) is 3. The number of fused-ring (bicyclic) bond motifs is 1. The fourth-order valence-corrected chi connectivity index (χ4v) is 7.12. The first-order valence-electron chi connectivity index (χ1n) is 12.9. The van der Waals surface area contributed by atoms with Gasteiger partial charge in [0, 0.05) is 26.4 Å². The van der Waals surface area contributed by atoms with E-state index >= 15 is 0 Å². The third-order valence-corrected chi connectivity index (χ3v) is 9.12. The van der Waals surface area contributed by atoms with Crippen LogP contribution in [0.3, 0.4) is 0 Å². The normalized spacial score (nSPS) is 12.9. The molecular formula is C29H28N3P3S3. The van der Waals surface area contributed by atoms with Crippen LogP contribution in [0, 0.1) is 27.7 Å². The van der Waals surface area contributed by atoms with Crippen molar-refractivity contribution in [3.05, 3.63) is 89.1 Å². The molecule has 4 heterocycles. The molecule has 0 aliphatic heterocycles. The van der Waals surface area contributed by atoms with Crippen molar-refractivity contribution in [1.82, 2.24) is 13.7 Å². The summed E-state index contributed by atoms with van der Waals surface area (Å²) in [6.07, 6.45) is 1.97. The van der Waals surface area contributed by atoms with Crippen LogP contribution in [0.5, 0.6) is 0 Å². The topological polar surface area (TPSA) is 38.7 Å². The SMILES string of the molecule is Cc1ccc(C)c(-c2ccc(-c3cnc(-c4ccc(-c5cc(C)ccc5C)s4)c4nsnc34)s2)c1.[2H]P([3H])PP. The van der Waals surface area contributed by atoms with Crippen LogP contribution in [-0.4, -0.2) is 16.3 Å². The largest absolute Gasteiger partial charge is 0.252 e. The lowest BCUT2D eigenvalue weighted by molar-refractivity contribution is 1.36. The van der Waals surface area contributed by atoms with Crippen molar-refractivity contribution < 1.29 is 0 Å². The Balaban J connectivity index is 0.000000595. The molecule has 0 spiro atoms. The highest BCUT2D eigenvalue weighted by molar-refractivity contribution is 8.33. The Morgan fingerprint density at radius 3 is 1.82 bits per heavy atom. The molecule has 38 heavy (non-hydrogen) atoms. The maximum absolute atomic E-state index is 6.55. The van der Waals surface area contributed by atoms with E-state index in [1.807, 2.05) is 6.20 Å². The summed E-state index contributed by atoms with van der Waals surface area (Å²) in [7, 11) is 1.70. The smallest absolute Gasteiger partial charge is 0.132 e. The summed E-state index contributed by atoms with van der Waals surface area (Å²) < 4.78 is 22.5. The van der Waals surface area contributed by atoms with Gasteiger partial charge in [-0.25, -0.2) is 0 Å². The van der Waals surface area contributed by atoms with Crippen LogP contribution in [-0.2, 0) is 0 Å². The monoisotopic (exact) mass is 610 g/mol. The summed E-state index contributed by atoms with van der Waals surface area (Å²) in [5.74, 6) is 0. The minimum atomic E-state index is -1.11. The molecule has 192 valence electrons. The summed E-state index contributed by atoms with van der Waals surface area (Å²) in [6.45, 7) is 8.61. The van der Waals surface area contributed by atoms with Crippen LogP contribution in [0.25, 0.3) is 52.9 Å². The highest BCUT2D eigenvalue weighted by Gasteiger charge is 2.18. The number of aryl methyl sites for hydroxylation is 4. The van der Waals surface area contributed by atoms with E-state index in [0.29, 0.717) is 7.96 Å². The minimum Gasteiger partial charge on any atom is -0.252 e. The molecule has 0 bridgehead atoms. The molecule has 3 unspecified atom stereocenters. The first kappa shape index (κ1) is 25.1. The van der Waals surface area contributed by atoms with Crippen LogP contribution in [0.1, 0.15) is 22.3 Å². The fourth-order valence-electron chi connectivity index (χ4n) is 4.37. The Kier molecular flexibility index (Phi) is 7.98. The molecule has 9 heteroatoms. The van der Waals surface area contributed by atoms with Crippen molar-refractivity contribution in [2.75, 3.05) is 0 Å². The van der Waals surface area contributed by atoms with E-state index in [2.05, 4.69) is 106 Å². The van der Waals surface area contributed by atoms with Crippen LogP contribution in [0.15, 0.2) is 66.9 Å². The lowest BCUT2D eigenvalue weighted by Crippen LogP contribution is -1.86. The van der Waals surface area contributed by atoms with Crippen LogP contribution >= 0.6 is 60.1 Å². The van der Waals surface area contributed by atoms with Gasteiger partial charge in [-0.15, -0.1) is 40.4 Å². The minimum absolute atomic E-state index is 0.429. The van der Waals surface area contributed by atoms with Gasteiger partial charge in [-0.2, -0.15) is 8.75 Å². The van der Waals surface area contributed by atoms with E-state index in [1.54, 1.807) is 22.7 Å². The van der Waals surface area contributed by atoms with Gasteiger partial charge in [0.25, 0.3) is 0 Å². The third kappa shape index (κ3) is 5.68. The molecule has 0 fully saturated rings. The third-order valence-electron chi connectivity index (χ3n) is 6.32. The van der Waals surface area contributed by atoms with Crippen molar-refractivity contribution in [2.45, 2.75) is 27.7 Å². The Labute approximate surface area is 245 Å². The van der Waals surface area contributed by atoms with Crippen LogP contribution in [0.2, 0.25) is 0 Å². The summed E-state index contributed by atoms with van der Waals surface area (Å²) in [5, 5.41) is 0. The van der Waals surface area contributed by atoms with Gasteiger partial charge in [-0.1, -0.05) is 55.5 Å². The van der Waals surface area contributed by atoms with Gasteiger partial charge in [0.1, 0.15) is 16.7 Å². The van der Waals surface area contributed by atoms with Gasteiger partial charge in [-0.3, -0.25) is 4.98 Å². The molecule has 3 atom stereocenters. The Morgan fingerprint density at radius 1 is 0.737 bits per heavy atom. The van der Waals surface area contributed by atoms with Gasteiger partial charge >= 0.3 is 0 Å². The number of hydrogen-bond acceptors (Lipinski definition) is 6. The first-order chi connectivity index (χ1) is 19.2. The molecule has 0 saturated carbocycles. The Bertz CT molecular complexity index is 1670. The van der Waals surface area contributed by atoms with Crippen molar-refractivity contribution in [2.24, 2.45) is 0 Å². The number of aromatic nitrogens is 3. The van der Waals surface area contributed by atoms with Crippen molar-refractivity contribution in [1.29, 1.82) is 2.56 Å². The fraction of sp³-hybridized carbons (Fsp3) is 0.138. The zero-order chi connectivity index (χ0) is 28.4. The van der Waals surface area contributed by atoms with Gasteiger partial charge in [0.15, 0.2) is 0 Å². The summed E-state index contributed by atoms with van der Waals surface area (Å²) >= 11 is 4.80. The van der Waals surface area contributed by atoms with Gasteiger partial charge in [0.05, 0.1) is 19.2 Å². The highest BCUT2D eigenvalue weighted by atomic mass is 32.4. The zero-order valence-corrected chi connectivity index (χ0v) is 26.9. The number of thiophene rings is 2. The molecule has 0 aliphatic rings. The molecule has 0 amide bonds. The van der Waals surface area contributed by atoms with Crippen molar-refractivity contribution in [3.8, 4) is 41.9 Å². The van der Waals surface area contributed by atoms with E-state index in [9.17, 15) is 0 Å². The van der Waals surface area contributed by atoms with Crippen molar-refractivity contribution in [3.63, 3.8) is 0 Å². The second kappa shape index (κ2) is 12.1. The second-order valence-electron chi connectivity index (χ2n) is 9.08. The highest BCUT2D eigenvalue weighted by Crippen LogP contribution is 2.42. The zero-order valence-electron chi connectivity index (χ0n) is 23.4. The molecule has 0 saturated heterocycles. The number of rotatable bonds is 5. The first-order valence-corrected chi connectivity index (χ1v) is 18.4. The van der Waals surface area contributed by atoms with Gasteiger partial charge < -0.3 is 0 Å². The second-order valence-corrected chi connectivity index (χ2v) is 15.1. The average Bonchev–Trinajstić information content (AvgIpc) is 3.72. The van der Waals surface area contributed by atoms with Gasteiger partial charge in [0.2, 0.25) is 0 Å². The standard InChI is InChI=1S/C29H23N3S3.H5P3/c1-16-5-7-18(3)20(13-16)23-9-10-25(33-23)22-15-30-28(29-27(22)31-35-32-29)26-12-11-24(34-26)21-14-17(2)6-8-19(21)4;1-3-2/h5-15H,1-4H3;3H,1-2H2/i;1TD. The molecule has 0 aliphatic carbocycles. The molecule has 6 rings (SSSR count). The molecule has 3 nitrogen and oxygen atoms in total. The maximum Gasteiger partial charge on any atom is 0.132 e. The lowest BCUT2D eigenvalue weighted by Gasteiger charge is -2.05. The number of hydrogen-bond donors (Lipinski definition) is 0. The molecular weight excluding hydrogens is 579 g/mol. The average molecular weight is 611 g/mol. The van der Waals surface area contributed by atoms with E-state index in [0.717, 1.165) is 27.2 Å². The summed E-state index contributed by atoms with van der Waals surface area (Å²) in [5.41, 5.74) is 11.4. The molecule has 0 N–H and O–H groups in total. The lowest BCUT2D eigenvalue weighted by atomic mass is 10.0. The molecule has 6 aromatic rings. The van der Waals surface area contributed by atoms with Crippen molar-refractivity contribution >= 4 is 71.1 Å². The van der Waals surface area contributed by atoms with E-state index in [-0.39, 0.29) is 0 Å². The predicted molar refractivity (Wildman–Crippen MR) is 179 cm³/mol. The Morgan fingerprint density at radius 2 is 1.24 bits per heavy atom. The number of pyridine rings is 1. The van der Waals surface area contributed by atoms with Gasteiger partial charge in [-0.05, 0) is 74.2 Å². The quantitative estimate of drug-likeness (QED) is 0.182. The van der Waals surface area contributed by atoms with E-state index in [4.69, 9.17) is 7.54 Å². The summed E-state index contributed by atoms with van der Waals surface area (Å²) in [4.78, 5) is 9.70. The molecule has 4 aromatic heterocycles. The number of benzene rings is 2. The predicted octanol–water partition coefficient (Wildman–Crippen LogP) is 10.4. The molecule has 2 aromatic carbocycles. The van der Waals surface area contributed by atoms with E-state index < -0.39 is 8.82 Å². The molecule has 0 radical (unpaired) electrons. The Hall–Kier alpha value is -1.90.